The van der Waals surface area contributed by atoms with E-state index in [9.17, 15) is 0 Å². The highest BCUT2D eigenvalue weighted by atomic mass is 15.3. The Morgan fingerprint density at radius 1 is 1.47 bits per heavy atom. The van der Waals surface area contributed by atoms with Crippen LogP contribution in [0, 0.1) is 0 Å². The Morgan fingerprint density at radius 3 is 3.00 bits per heavy atom. The van der Waals surface area contributed by atoms with E-state index in [0.29, 0.717) is 12.0 Å². The van der Waals surface area contributed by atoms with Crippen molar-refractivity contribution in [3.05, 3.63) is 12.3 Å². The quantitative estimate of drug-likeness (QED) is 0.848. The molecule has 1 saturated heterocycles. The molecule has 94 valence electrons. The molecule has 5 nitrogen and oxygen atoms in total. The van der Waals surface area contributed by atoms with Gasteiger partial charge in [0.25, 0.3) is 0 Å². The van der Waals surface area contributed by atoms with E-state index in [1.807, 2.05) is 19.3 Å². The lowest BCUT2D eigenvalue weighted by Crippen LogP contribution is -2.51. The predicted molar refractivity (Wildman–Crippen MR) is 70.5 cm³/mol. The van der Waals surface area contributed by atoms with Gasteiger partial charge in [0.05, 0.1) is 0 Å². The molecule has 0 radical (unpaired) electrons. The second kappa shape index (κ2) is 5.31. The summed E-state index contributed by atoms with van der Waals surface area (Å²) >= 11 is 0. The minimum absolute atomic E-state index is 0.622. The number of hydrogen-bond acceptors (Lipinski definition) is 5. The maximum Gasteiger partial charge on any atom is 0.224 e. The maximum atomic E-state index is 4.49. The topological polar surface area (TPSA) is 44.3 Å². The van der Waals surface area contributed by atoms with Crippen LogP contribution < -0.4 is 10.2 Å². The Bertz CT molecular complexity index is 368. The van der Waals surface area contributed by atoms with E-state index in [1.54, 1.807) is 0 Å². The highest BCUT2D eigenvalue weighted by Crippen LogP contribution is 2.18. The molecule has 2 heterocycles. The van der Waals surface area contributed by atoms with E-state index in [2.05, 4.69) is 39.1 Å². The summed E-state index contributed by atoms with van der Waals surface area (Å²) in [6.07, 6.45) is 2.99. The second-order valence-corrected chi connectivity index (χ2v) is 4.48. The van der Waals surface area contributed by atoms with Crippen LogP contribution in [-0.4, -0.2) is 54.6 Å². The van der Waals surface area contributed by atoms with Gasteiger partial charge in [0.1, 0.15) is 5.82 Å². The normalized spacial score (nSPS) is 21.6. The lowest BCUT2D eigenvalue weighted by atomic mass is 10.1. The van der Waals surface area contributed by atoms with E-state index in [0.717, 1.165) is 25.5 Å². The summed E-state index contributed by atoms with van der Waals surface area (Å²) in [5.74, 6) is 1.71. The molecule has 1 aromatic rings. The minimum atomic E-state index is 0.622. The predicted octanol–water partition coefficient (Wildman–Crippen LogP) is 1.05. The number of piperazine rings is 1. The number of likely N-dealkylation sites (N-methyl/N-ethyl adjacent to an activating group) is 1. The minimum Gasteiger partial charge on any atom is -0.357 e. The molecule has 0 spiro atoms. The molecule has 0 bridgehead atoms. The molecule has 0 amide bonds. The van der Waals surface area contributed by atoms with Gasteiger partial charge in [-0.25, -0.2) is 4.98 Å². The zero-order valence-electron chi connectivity index (χ0n) is 10.8. The first-order valence-electron chi connectivity index (χ1n) is 6.20. The van der Waals surface area contributed by atoms with Gasteiger partial charge in [0, 0.05) is 38.9 Å². The summed E-state index contributed by atoms with van der Waals surface area (Å²) in [6, 6.07) is 2.61. The molecule has 1 aliphatic heterocycles. The summed E-state index contributed by atoms with van der Waals surface area (Å²) in [4.78, 5) is 13.4. The van der Waals surface area contributed by atoms with E-state index in [4.69, 9.17) is 0 Å². The third-order valence-corrected chi connectivity index (χ3v) is 3.44. The van der Waals surface area contributed by atoms with Crippen LogP contribution in [0.5, 0.6) is 0 Å². The zero-order chi connectivity index (χ0) is 12.3. The molecule has 1 aliphatic rings. The number of hydrogen-bond donors (Lipinski definition) is 1. The van der Waals surface area contributed by atoms with Gasteiger partial charge in [-0.3, -0.25) is 4.90 Å². The number of anilines is 2. The van der Waals surface area contributed by atoms with Crippen LogP contribution >= 0.6 is 0 Å². The summed E-state index contributed by atoms with van der Waals surface area (Å²) in [5.41, 5.74) is 0. The van der Waals surface area contributed by atoms with E-state index >= 15 is 0 Å². The average molecular weight is 235 g/mol. The van der Waals surface area contributed by atoms with Crippen LogP contribution in [0.3, 0.4) is 0 Å². The lowest BCUT2D eigenvalue weighted by Gasteiger charge is -2.39. The Hall–Kier alpha value is -1.36. The molecular formula is C12H21N5. The molecule has 2 rings (SSSR count). The molecule has 17 heavy (non-hydrogen) atoms. The van der Waals surface area contributed by atoms with Gasteiger partial charge in [-0.2, -0.15) is 4.98 Å². The van der Waals surface area contributed by atoms with E-state index in [1.165, 1.54) is 6.42 Å². The fraction of sp³-hybridized carbons (Fsp3) is 0.667. The van der Waals surface area contributed by atoms with Crippen molar-refractivity contribution in [3.63, 3.8) is 0 Å². The Kier molecular flexibility index (Phi) is 3.78. The van der Waals surface area contributed by atoms with Gasteiger partial charge in [0.2, 0.25) is 5.95 Å². The van der Waals surface area contributed by atoms with E-state index < -0.39 is 0 Å². The van der Waals surface area contributed by atoms with Crippen LogP contribution in [0.1, 0.15) is 13.3 Å². The first-order chi connectivity index (χ1) is 8.24. The van der Waals surface area contributed by atoms with Crippen LogP contribution in [0.25, 0.3) is 0 Å². The molecule has 0 aromatic carbocycles. The van der Waals surface area contributed by atoms with Crippen molar-refractivity contribution in [1.29, 1.82) is 0 Å². The van der Waals surface area contributed by atoms with Crippen molar-refractivity contribution in [2.75, 3.05) is 43.9 Å². The van der Waals surface area contributed by atoms with Crippen molar-refractivity contribution < 1.29 is 0 Å². The summed E-state index contributed by atoms with van der Waals surface area (Å²) in [7, 11) is 4.04. The lowest BCUT2D eigenvalue weighted by molar-refractivity contribution is 0.213. The van der Waals surface area contributed by atoms with Gasteiger partial charge in [0.15, 0.2) is 0 Å². The second-order valence-electron chi connectivity index (χ2n) is 4.48. The fourth-order valence-electron chi connectivity index (χ4n) is 2.24. The number of aromatic nitrogens is 2. The SMILES string of the molecule is CCC1CN(c2ccnc(NC)n2)CCN1C. The number of nitrogens with zero attached hydrogens (tertiary/aromatic N) is 4. The molecule has 0 saturated carbocycles. The molecule has 1 fully saturated rings. The molecule has 1 N–H and O–H groups in total. The number of rotatable bonds is 3. The highest BCUT2D eigenvalue weighted by Gasteiger charge is 2.23. The highest BCUT2D eigenvalue weighted by molar-refractivity contribution is 5.43. The van der Waals surface area contributed by atoms with Gasteiger partial charge < -0.3 is 10.2 Å². The van der Waals surface area contributed by atoms with Crippen molar-refractivity contribution >= 4 is 11.8 Å². The Morgan fingerprint density at radius 2 is 2.29 bits per heavy atom. The zero-order valence-corrected chi connectivity index (χ0v) is 10.8. The first-order valence-corrected chi connectivity index (χ1v) is 6.20. The van der Waals surface area contributed by atoms with Gasteiger partial charge in [-0.05, 0) is 19.5 Å². The summed E-state index contributed by atoms with van der Waals surface area (Å²) in [5, 5.41) is 2.98. The first kappa shape index (κ1) is 12.1. The molecule has 5 heteroatoms. The van der Waals surface area contributed by atoms with Crippen molar-refractivity contribution in [2.24, 2.45) is 0 Å². The molecular weight excluding hydrogens is 214 g/mol. The van der Waals surface area contributed by atoms with Crippen LogP contribution in [0.15, 0.2) is 12.3 Å². The maximum absolute atomic E-state index is 4.49. The van der Waals surface area contributed by atoms with Crippen LogP contribution in [0.4, 0.5) is 11.8 Å². The van der Waals surface area contributed by atoms with Gasteiger partial charge >= 0.3 is 0 Å². The standard InChI is InChI=1S/C12H21N5/c1-4-10-9-17(8-7-16(10)3)11-5-6-14-12(13-2)15-11/h5-6,10H,4,7-9H2,1-3H3,(H,13,14,15). The third-order valence-electron chi connectivity index (χ3n) is 3.44. The van der Waals surface area contributed by atoms with Gasteiger partial charge in [-0.15, -0.1) is 0 Å². The third kappa shape index (κ3) is 2.66. The number of nitrogens with one attached hydrogen (secondary N) is 1. The van der Waals surface area contributed by atoms with Crippen molar-refractivity contribution in [2.45, 2.75) is 19.4 Å². The largest absolute Gasteiger partial charge is 0.357 e. The van der Waals surface area contributed by atoms with Crippen LogP contribution in [-0.2, 0) is 0 Å². The smallest absolute Gasteiger partial charge is 0.224 e. The fourth-order valence-corrected chi connectivity index (χ4v) is 2.24. The van der Waals surface area contributed by atoms with E-state index in [-0.39, 0.29) is 0 Å². The van der Waals surface area contributed by atoms with Gasteiger partial charge in [-0.1, -0.05) is 6.92 Å². The molecule has 0 aliphatic carbocycles. The monoisotopic (exact) mass is 235 g/mol. The van der Waals surface area contributed by atoms with Crippen LogP contribution in [0.2, 0.25) is 0 Å². The van der Waals surface area contributed by atoms with Crippen molar-refractivity contribution in [1.82, 2.24) is 14.9 Å². The van der Waals surface area contributed by atoms with Crippen molar-refractivity contribution in [3.8, 4) is 0 Å². The molecule has 1 unspecified atom stereocenters. The summed E-state index contributed by atoms with van der Waals surface area (Å²) in [6.45, 7) is 5.42. The Labute approximate surface area is 103 Å². The molecule has 1 atom stereocenters. The molecule has 1 aromatic heterocycles. The average Bonchev–Trinajstić information content (AvgIpc) is 2.39. The summed E-state index contributed by atoms with van der Waals surface area (Å²) < 4.78 is 0. The Balaban J connectivity index is 2.11.